The van der Waals surface area contributed by atoms with Crippen molar-refractivity contribution >= 4 is 52.3 Å². The van der Waals surface area contributed by atoms with E-state index in [1.165, 1.54) is 0 Å². The van der Waals surface area contributed by atoms with Crippen LogP contribution in [0.2, 0.25) is 0 Å². The summed E-state index contributed by atoms with van der Waals surface area (Å²) >= 11 is 1.14. The van der Waals surface area contributed by atoms with Crippen molar-refractivity contribution < 1.29 is 28.7 Å². The second kappa shape index (κ2) is 26.9. The number of aryl methyl sites for hydroxylation is 1. The van der Waals surface area contributed by atoms with E-state index in [0.29, 0.717) is 62.8 Å². The molecule has 4 amide bonds. The Morgan fingerprint density at radius 2 is 1.71 bits per heavy atom. The maximum atomic E-state index is 14.0. The highest BCUT2D eigenvalue weighted by Crippen LogP contribution is 2.30. The number of carbonyl (C=O) groups excluding carboxylic acids is 4. The fourth-order valence-corrected chi connectivity index (χ4v) is 11.3. The summed E-state index contributed by atoms with van der Waals surface area (Å²) < 4.78 is 15.7. The first-order valence-electron chi connectivity index (χ1n) is 27.4. The van der Waals surface area contributed by atoms with Crippen LogP contribution in [-0.4, -0.2) is 130 Å². The van der Waals surface area contributed by atoms with Gasteiger partial charge in [0.1, 0.15) is 23.2 Å². The van der Waals surface area contributed by atoms with Gasteiger partial charge in [0.2, 0.25) is 11.8 Å². The maximum absolute atomic E-state index is 14.0. The van der Waals surface area contributed by atoms with Crippen LogP contribution in [0, 0.1) is 5.92 Å². The zero-order chi connectivity index (χ0) is 54.4. The molecule has 78 heavy (non-hydrogen) atoms. The minimum Gasteiger partial charge on any atom is -0.497 e. The van der Waals surface area contributed by atoms with Gasteiger partial charge in [0.25, 0.3) is 17.4 Å². The third-order valence-electron chi connectivity index (χ3n) is 15.1. The number of H-pyrrole nitrogens is 1. The monoisotopic (exact) mass is 1080 g/mol. The SMILES string of the molecule is CCOc1cc(OC)ccc1CNCC(=O)N1CCCC(c2cccc(C(=O)NC(C(=O)NCCn3cc(SNC(=O)c4ccc(N5CCN(Cc6cnc7cc(CC)c(=O)[nH]c7c6)CC5)cn4)cn3)C3CCCCC3)c2)C1. The second-order valence-electron chi connectivity index (χ2n) is 20.3. The molecule has 412 valence electrons. The molecule has 6 aromatic rings. The summed E-state index contributed by atoms with van der Waals surface area (Å²) in [4.78, 5) is 86.1. The van der Waals surface area contributed by atoms with Gasteiger partial charge in [-0.2, -0.15) is 5.10 Å². The van der Waals surface area contributed by atoms with Crippen molar-refractivity contribution in [1.29, 1.82) is 0 Å². The van der Waals surface area contributed by atoms with Crippen LogP contribution in [0.25, 0.3) is 11.0 Å². The fraction of sp³-hybridized carbons (Fsp3) is 0.448. The van der Waals surface area contributed by atoms with Gasteiger partial charge >= 0.3 is 0 Å². The number of nitrogens with one attached hydrogen (secondary N) is 5. The van der Waals surface area contributed by atoms with E-state index < -0.39 is 6.04 Å². The zero-order valence-electron chi connectivity index (χ0n) is 44.9. The normalized spacial score (nSPS) is 16.6. The quantitative estimate of drug-likeness (QED) is 0.0476. The minimum absolute atomic E-state index is 0.0153. The van der Waals surface area contributed by atoms with Crippen molar-refractivity contribution in [3.05, 3.63) is 135 Å². The predicted octanol–water partition coefficient (Wildman–Crippen LogP) is 6.23. The van der Waals surface area contributed by atoms with Crippen LogP contribution in [-0.2, 0) is 35.6 Å². The molecule has 6 heterocycles. The summed E-state index contributed by atoms with van der Waals surface area (Å²) in [5.41, 5.74) is 6.95. The van der Waals surface area contributed by atoms with Crippen molar-refractivity contribution in [3.63, 3.8) is 0 Å². The number of piperidine rings is 1. The number of hydrogen-bond donors (Lipinski definition) is 5. The first-order valence-corrected chi connectivity index (χ1v) is 28.3. The van der Waals surface area contributed by atoms with E-state index in [0.717, 1.165) is 139 Å². The molecule has 0 bridgehead atoms. The van der Waals surface area contributed by atoms with E-state index in [1.54, 1.807) is 42.5 Å². The third kappa shape index (κ3) is 14.4. The molecular weight excluding hydrogens is 1010 g/mol. The summed E-state index contributed by atoms with van der Waals surface area (Å²) in [6, 6.07) is 20.1. The van der Waals surface area contributed by atoms with E-state index in [9.17, 15) is 24.0 Å². The molecule has 19 nitrogen and oxygen atoms in total. The minimum atomic E-state index is -0.694. The van der Waals surface area contributed by atoms with E-state index in [1.807, 2.05) is 79.5 Å². The number of amides is 4. The van der Waals surface area contributed by atoms with E-state index in [-0.39, 0.29) is 47.6 Å². The molecule has 1 aliphatic carbocycles. The van der Waals surface area contributed by atoms with Gasteiger partial charge in [-0.3, -0.25) is 43.3 Å². The van der Waals surface area contributed by atoms with Gasteiger partial charge in [-0.15, -0.1) is 0 Å². The number of anilines is 1. The van der Waals surface area contributed by atoms with E-state index in [2.05, 4.69) is 50.5 Å². The maximum Gasteiger partial charge on any atom is 0.279 e. The lowest BCUT2D eigenvalue weighted by molar-refractivity contribution is -0.131. The standard InChI is InChI=1S/C58H72N12O7S/c1-4-40-29-50-51(64-55(40)72)27-39(31-61-50)36-67-23-25-68(26-24-67)46-17-19-49(62-33-46)57(74)66-78-48-34-63-70(38-48)22-20-60-58(75)54(41-11-7-6-8-12-41)65-56(73)43-14-9-13-42(28-43)45-15-10-21-69(37-45)53(71)35-59-32-44-16-18-47(76-3)30-52(44)77-5-2/h9,13-14,16-19,27-31,33-34,38,41,45,54,59H,4-8,10-12,15,20-26,32,35-37H2,1-3H3,(H,60,75)(H,64,72)(H,65,73)(H,66,74). The highest BCUT2D eigenvalue weighted by Gasteiger charge is 2.32. The van der Waals surface area contributed by atoms with Crippen molar-refractivity contribution in [1.82, 2.24) is 55.2 Å². The zero-order valence-corrected chi connectivity index (χ0v) is 45.7. The molecule has 3 fully saturated rings. The molecule has 4 aromatic heterocycles. The topological polar surface area (TPSA) is 221 Å². The number of likely N-dealkylation sites (tertiary alicyclic amines) is 1. The molecule has 2 atom stereocenters. The lowest BCUT2D eigenvalue weighted by Crippen LogP contribution is -2.51. The van der Waals surface area contributed by atoms with Gasteiger partial charge in [-0.1, -0.05) is 44.4 Å². The molecule has 0 spiro atoms. The number of aromatic amines is 1. The Balaban J connectivity index is 0.708. The number of aromatic nitrogens is 5. The van der Waals surface area contributed by atoms with Crippen LogP contribution in [0.1, 0.15) is 108 Å². The fourth-order valence-electron chi connectivity index (χ4n) is 10.7. The van der Waals surface area contributed by atoms with Gasteiger partial charge in [0, 0.05) is 100.0 Å². The number of hydrogen-bond acceptors (Lipinski definition) is 14. The van der Waals surface area contributed by atoms with Crippen molar-refractivity contribution in [2.45, 2.75) is 102 Å². The first kappa shape index (κ1) is 55.5. The third-order valence-corrected chi connectivity index (χ3v) is 15.8. The van der Waals surface area contributed by atoms with Crippen LogP contribution in [0.15, 0.2) is 101 Å². The van der Waals surface area contributed by atoms with Gasteiger partial charge in [-0.25, -0.2) is 4.98 Å². The van der Waals surface area contributed by atoms with Crippen LogP contribution < -0.4 is 40.6 Å². The van der Waals surface area contributed by atoms with Crippen LogP contribution in [0.5, 0.6) is 11.5 Å². The lowest BCUT2D eigenvalue weighted by Gasteiger charge is -2.36. The molecule has 2 saturated heterocycles. The number of carbonyl (C=O) groups is 4. The molecule has 2 unspecified atom stereocenters. The van der Waals surface area contributed by atoms with Gasteiger partial charge in [0.15, 0.2) is 0 Å². The molecule has 1 saturated carbocycles. The number of pyridine rings is 3. The number of rotatable bonds is 22. The average molecular weight is 1080 g/mol. The molecule has 3 aliphatic rings. The van der Waals surface area contributed by atoms with E-state index >= 15 is 0 Å². The van der Waals surface area contributed by atoms with Crippen LogP contribution in [0.4, 0.5) is 5.69 Å². The number of methoxy groups -OCH3 is 1. The highest BCUT2D eigenvalue weighted by molar-refractivity contribution is 7.98. The molecule has 2 aromatic carbocycles. The molecule has 2 aliphatic heterocycles. The van der Waals surface area contributed by atoms with Crippen LogP contribution >= 0.6 is 11.9 Å². The van der Waals surface area contributed by atoms with Gasteiger partial charge < -0.3 is 40.2 Å². The Morgan fingerprint density at radius 3 is 2.49 bits per heavy atom. The molecule has 9 rings (SSSR count). The number of benzene rings is 2. The first-order chi connectivity index (χ1) is 38.0. The number of piperazine rings is 1. The summed E-state index contributed by atoms with van der Waals surface area (Å²) in [6.45, 7) is 11.0. The van der Waals surface area contributed by atoms with Crippen molar-refractivity contribution in [2.24, 2.45) is 5.92 Å². The van der Waals surface area contributed by atoms with E-state index in [4.69, 9.17) is 9.47 Å². The summed E-state index contributed by atoms with van der Waals surface area (Å²) in [7, 11) is 1.62. The number of nitrogens with zero attached hydrogens (tertiary/aromatic N) is 7. The molecule has 20 heteroatoms. The Kier molecular flexibility index (Phi) is 19.1. The Morgan fingerprint density at radius 1 is 0.859 bits per heavy atom. The van der Waals surface area contributed by atoms with Crippen molar-refractivity contribution in [2.75, 3.05) is 71.0 Å². The van der Waals surface area contributed by atoms with Crippen molar-refractivity contribution in [3.8, 4) is 11.5 Å². The highest BCUT2D eigenvalue weighted by atomic mass is 32.2. The summed E-state index contributed by atoms with van der Waals surface area (Å²) in [6.07, 6.45) is 14.3. The molecular formula is C58H72N12O7S. The smallest absolute Gasteiger partial charge is 0.279 e. The lowest BCUT2D eigenvalue weighted by atomic mass is 9.83. The predicted molar refractivity (Wildman–Crippen MR) is 301 cm³/mol. The second-order valence-corrected chi connectivity index (χ2v) is 21.2. The molecule has 5 N–H and O–H groups in total. The Bertz CT molecular complexity index is 3080. The summed E-state index contributed by atoms with van der Waals surface area (Å²) in [5, 5.41) is 13.9. The summed E-state index contributed by atoms with van der Waals surface area (Å²) in [5.74, 6) is 0.705. The van der Waals surface area contributed by atoms with Gasteiger partial charge in [-0.05, 0) is 110 Å². The number of ether oxygens (including phenoxy) is 2. The Labute approximate surface area is 459 Å². The largest absolute Gasteiger partial charge is 0.497 e. The number of fused-ring (bicyclic) bond motifs is 1. The van der Waals surface area contributed by atoms with Gasteiger partial charge in [0.05, 0.1) is 60.8 Å². The molecule has 0 radical (unpaired) electrons. The average Bonchev–Trinajstić information content (AvgIpc) is 3.97. The van der Waals surface area contributed by atoms with Crippen LogP contribution in [0.3, 0.4) is 0 Å². The Hall–Kier alpha value is -7.29.